The van der Waals surface area contributed by atoms with E-state index in [-0.39, 0.29) is 0 Å². The lowest BCUT2D eigenvalue weighted by molar-refractivity contribution is 0.506. The largest absolute Gasteiger partial charge is 0.204 e. The van der Waals surface area contributed by atoms with Crippen molar-refractivity contribution in [3.63, 3.8) is 0 Å². The Kier molecular flexibility index (Phi) is 6.21. The molecule has 0 bridgehead atoms. The molecule has 0 nitrogen and oxygen atoms in total. The van der Waals surface area contributed by atoms with Crippen LogP contribution in [0.3, 0.4) is 0 Å². The van der Waals surface area contributed by atoms with E-state index in [0.717, 1.165) is 29.2 Å². The predicted molar refractivity (Wildman–Crippen MR) is 69.3 cm³/mol. The molecule has 0 fully saturated rings. The molecule has 0 radical (unpaired) electrons. The third-order valence-corrected chi connectivity index (χ3v) is 4.07. The summed E-state index contributed by atoms with van der Waals surface area (Å²) >= 11 is 5.85. The zero-order valence-corrected chi connectivity index (χ0v) is 11.0. The van der Waals surface area contributed by atoms with Crippen LogP contribution in [0.5, 0.6) is 0 Å². The van der Waals surface area contributed by atoms with Crippen LogP contribution in [-0.4, -0.2) is 11.5 Å². The number of hydrogen-bond donors (Lipinski definition) is 1. The lowest BCUT2D eigenvalue weighted by Crippen LogP contribution is -2.05. The average Bonchev–Trinajstić information content (AvgIpc) is 2.28. The van der Waals surface area contributed by atoms with Gasteiger partial charge in [-0.05, 0) is 36.3 Å². The normalized spacial score (nSPS) is 12.8. The molecule has 0 N–H and O–H groups in total. The summed E-state index contributed by atoms with van der Waals surface area (Å²) < 4.78 is 25.6. The maximum absolute atomic E-state index is 12.9. The molecular formula is C12H16F2S2. The first-order chi connectivity index (χ1) is 7.67. The van der Waals surface area contributed by atoms with Crippen molar-refractivity contribution in [2.75, 3.05) is 11.5 Å². The summed E-state index contributed by atoms with van der Waals surface area (Å²) in [6.45, 7) is 2.14. The predicted octanol–water partition coefficient (Wildman–Crippen LogP) is 4.40. The van der Waals surface area contributed by atoms with Gasteiger partial charge >= 0.3 is 0 Å². The van der Waals surface area contributed by atoms with Crippen LogP contribution in [0, 0.1) is 17.6 Å². The number of thioether (sulfide) groups is 1. The molecule has 1 aromatic rings. The van der Waals surface area contributed by atoms with Crippen molar-refractivity contribution in [2.24, 2.45) is 5.92 Å². The van der Waals surface area contributed by atoms with Crippen molar-refractivity contribution in [3.05, 3.63) is 29.8 Å². The van der Waals surface area contributed by atoms with Crippen LogP contribution in [0.2, 0.25) is 0 Å². The highest BCUT2D eigenvalue weighted by Crippen LogP contribution is 2.24. The van der Waals surface area contributed by atoms with Gasteiger partial charge in [0, 0.05) is 10.6 Å². The van der Waals surface area contributed by atoms with Gasteiger partial charge in [0.1, 0.15) is 0 Å². The number of halogens is 2. The SMILES string of the molecule is CCCC(CS)CSc1ccc(F)c(F)c1. The smallest absolute Gasteiger partial charge is 0.159 e. The molecule has 0 saturated heterocycles. The molecule has 0 saturated carbocycles. The summed E-state index contributed by atoms with van der Waals surface area (Å²) in [5.41, 5.74) is 0. The van der Waals surface area contributed by atoms with E-state index < -0.39 is 11.6 Å². The van der Waals surface area contributed by atoms with Gasteiger partial charge in [-0.25, -0.2) is 8.78 Å². The van der Waals surface area contributed by atoms with Crippen molar-refractivity contribution >= 4 is 24.4 Å². The van der Waals surface area contributed by atoms with E-state index in [4.69, 9.17) is 0 Å². The second-order valence-electron chi connectivity index (χ2n) is 3.72. The topological polar surface area (TPSA) is 0 Å². The Balaban J connectivity index is 2.50. The van der Waals surface area contributed by atoms with Gasteiger partial charge in [-0.15, -0.1) is 11.8 Å². The Morgan fingerprint density at radius 3 is 2.62 bits per heavy atom. The summed E-state index contributed by atoms with van der Waals surface area (Å²) in [4.78, 5) is 0.779. The van der Waals surface area contributed by atoms with Crippen LogP contribution < -0.4 is 0 Å². The fourth-order valence-electron chi connectivity index (χ4n) is 1.42. The van der Waals surface area contributed by atoms with Gasteiger partial charge in [0.25, 0.3) is 0 Å². The highest BCUT2D eigenvalue weighted by atomic mass is 32.2. The zero-order chi connectivity index (χ0) is 12.0. The van der Waals surface area contributed by atoms with Crippen LogP contribution >= 0.6 is 24.4 Å². The maximum Gasteiger partial charge on any atom is 0.159 e. The van der Waals surface area contributed by atoms with Gasteiger partial charge in [0.2, 0.25) is 0 Å². The fourth-order valence-corrected chi connectivity index (χ4v) is 2.97. The van der Waals surface area contributed by atoms with E-state index in [1.807, 2.05) is 0 Å². The molecule has 1 aromatic carbocycles. The molecule has 1 unspecified atom stereocenters. The molecule has 0 heterocycles. The van der Waals surface area contributed by atoms with Crippen LogP contribution in [0.25, 0.3) is 0 Å². The summed E-state index contributed by atoms with van der Waals surface area (Å²) in [6.07, 6.45) is 2.25. The van der Waals surface area contributed by atoms with Gasteiger partial charge in [-0.2, -0.15) is 12.6 Å². The van der Waals surface area contributed by atoms with E-state index >= 15 is 0 Å². The minimum absolute atomic E-state index is 0.534. The number of rotatable bonds is 6. The highest BCUT2D eigenvalue weighted by Gasteiger charge is 2.08. The van der Waals surface area contributed by atoms with Crippen molar-refractivity contribution in [1.82, 2.24) is 0 Å². The van der Waals surface area contributed by atoms with Crippen LogP contribution in [-0.2, 0) is 0 Å². The molecule has 0 aliphatic heterocycles. The van der Waals surface area contributed by atoms with E-state index in [9.17, 15) is 8.78 Å². The minimum Gasteiger partial charge on any atom is -0.204 e. The third-order valence-electron chi connectivity index (χ3n) is 2.33. The molecule has 90 valence electrons. The first-order valence-electron chi connectivity index (χ1n) is 5.36. The third kappa shape index (κ3) is 4.34. The monoisotopic (exact) mass is 262 g/mol. The Morgan fingerprint density at radius 2 is 2.06 bits per heavy atom. The second-order valence-corrected chi connectivity index (χ2v) is 5.18. The molecule has 0 spiro atoms. The van der Waals surface area contributed by atoms with E-state index in [0.29, 0.717) is 5.92 Å². The number of benzene rings is 1. The summed E-state index contributed by atoms with van der Waals surface area (Å²) in [5, 5.41) is 0. The molecule has 0 amide bonds. The van der Waals surface area contributed by atoms with Gasteiger partial charge in [-0.3, -0.25) is 0 Å². The quantitative estimate of drug-likeness (QED) is 0.585. The van der Waals surface area contributed by atoms with Gasteiger partial charge < -0.3 is 0 Å². The van der Waals surface area contributed by atoms with E-state index in [1.54, 1.807) is 17.8 Å². The summed E-state index contributed by atoms with van der Waals surface area (Å²) in [5.74, 6) is 0.713. The van der Waals surface area contributed by atoms with Crippen LogP contribution in [0.15, 0.2) is 23.1 Å². The molecule has 0 aliphatic rings. The van der Waals surface area contributed by atoms with Crippen LogP contribution in [0.4, 0.5) is 8.78 Å². The molecular weight excluding hydrogens is 246 g/mol. The second kappa shape index (κ2) is 7.17. The van der Waals surface area contributed by atoms with Gasteiger partial charge in [0.05, 0.1) is 0 Å². The Bertz CT molecular complexity index is 329. The van der Waals surface area contributed by atoms with Crippen molar-refractivity contribution in [2.45, 2.75) is 24.7 Å². The summed E-state index contributed by atoms with van der Waals surface area (Å²) in [7, 11) is 0. The first kappa shape index (κ1) is 13.8. The van der Waals surface area contributed by atoms with Gasteiger partial charge in [-0.1, -0.05) is 13.3 Å². The van der Waals surface area contributed by atoms with Crippen molar-refractivity contribution in [1.29, 1.82) is 0 Å². The van der Waals surface area contributed by atoms with Crippen molar-refractivity contribution in [3.8, 4) is 0 Å². The highest BCUT2D eigenvalue weighted by molar-refractivity contribution is 7.99. The first-order valence-corrected chi connectivity index (χ1v) is 6.97. The minimum atomic E-state index is -0.788. The summed E-state index contributed by atoms with van der Waals surface area (Å²) in [6, 6.07) is 4.04. The van der Waals surface area contributed by atoms with Gasteiger partial charge in [0.15, 0.2) is 11.6 Å². The molecule has 1 atom stereocenters. The zero-order valence-electron chi connectivity index (χ0n) is 9.25. The van der Waals surface area contributed by atoms with Crippen molar-refractivity contribution < 1.29 is 8.78 Å². The lowest BCUT2D eigenvalue weighted by Gasteiger charge is -2.12. The molecule has 1 rings (SSSR count). The van der Waals surface area contributed by atoms with E-state index in [2.05, 4.69) is 19.6 Å². The standard InChI is InChI=1S/C12H16F2S2/c1-2-3-9(7-15)8-16-10-4-5-11(13)12(14)6-10/h4-6,9,15H,2-3,7-8H2,1H3. The molecule has 0 aliphatic carbocycles. The maximum atomic E-state index is 12.9. The number of hydrogen-bond acceptors (Lipinski definition) is 2. The molecule has 0 aromatic heterocycles. The molecule has 4 heteroatoms. The molecule has 16 heavy (non-hydrogen) atoms. The lowest BCUT2D eigenvalue weighted by atomic mass is 10.1. The van der Waals surface area contributed by atoms with Crippen LogP contribution in [0.1, 0.15) is 19.8 Å². The Morgan fingerprint density at radius 1 is 1.31 bits per heavy atom. The Hall–Kier alpha value is -0.220. The fraction of sp³-hybridized carbons (Fsp3) is 0.500. The van der Waals surface area contributed by atoms with E-state index in [1.165, 1.54) is 12.1 Å². The Labute approximate surface area is 105 Å². The number of thiol groups is 1. The average molecular weight is 262 g/mol.